The van der Waals surface area contributed by atoms with Crippen molar-refractivity contribution in [2.75, 3.05) is 32.9 Å². The Labute approximate surface area is 161 Å². The van der Waals surface area contributed by atoms with Crippen LogP contribution in [-0.2, 0) is 4.74 Å². The van der Waals surface area contributed by atoms with Gasteiger partial charge < -0.3 is 10.1 Å². The molecule has 0 bridgehead atoms. The number of hydrogen-bond donors (Lipinski definition) is 1. The summed E-state index contributed by atoms with van der Waals surface area (Å²) < 4.78 is 6.48. The second-order valence-electron chi connectivity index (χ2n) is 7.82. The molecule has 3 aliphatic rings. The molecule has 0 amide bonds. The molecule has 2 aliphatic carbocycles. The maximum Gasteiger partial charge on any atom is 0.0744 e. The Bertz CT molecular complexity index is 373. The molecule has 1 saturated heterocycles. The number of ether oxygens (including phenoxy) is 1. The maximum absolute atomic E-state index is 6.68. The lowest BCUT2D eigenvalue weighted by Crippen LogP contribution is -2.44. The van der Waals surface area contributed by atoms with E-state index in [1.165, 1.54) is 12.8 Å². The van der Waals surface area contributed by atoms with E-state index in [0.717, 1.165) is 65.0 Å². The third-order valence-electron chi connectivity index (χ3n) is 5.94. The zero-order chi connectivity index (χ0) is 16.9. The summed E-state index contributed by atoms with van der Waals surface area (Å²) in [5.74, 6) is 1.09. The highest BCUT2D eigenvalue weighted by Crippen LogP contribution is 2.36. The molecule has 1 heterocycles. The van der Waals surface area contributed by atoms with Gasteiger partial charge in [-0.05, 0) is 50.9 Å². The molecule has 4 atom stereocenters. The molecule has 0 aromatic heterocycles. The van der Waals surface area contributed by atoms with Crippen LogP contribution in [-0.4, -0.2) is 60.0 Å². The minimum Gasteiger partial charge on any atom is -0.376 e. The van der Waals surface area contributed by atoms with Crippen LogP contribution in [0.5, 0.6) is 0 Å². The Hall–Kier alpha value is 0.750. The van der Waals surface area contributed by atoms with E-state index in [1.807, 2.05) is 0 Å². The molecule has 0 aromatic rings. The van der Waals surface area contributed by atoms with Gasteiger partial charge in [0.25, 0.3) is 0 Å². The highest BCUT2D eigenvalue weighted by molar-refractivity contribution is 6.24. The first kappa shape index (κ1) is 19.5. The molecule has 1 N–H and O–H groups in total. The number of alkyl halides is 3. The van der Waals surface area contributed by atoms with Crippen LogP contribution in [0.15, 0.2) is 0 Å². The standard InChI is InChI=1S/C18H31Cl3N2O/c19-14-3-1-13(2-4-14)11-24-18(10-23-8-7-22-12-23)16-6-5-15(20)9-17(16)21/h13-18,22H,1-12H2. The van der Waals surface area contributed by atoms with Gasteiger partial charge in [-0.25, -0.2) is 0 Å². The molecule has 24 heavy (non-hydrogen) atoms. The van der Waals surface area contributed by atoms with Crippen molar-refractivity contribution in [2.24, 2.45) is 11.8 Å². The van der Waals surface area contributed by atoms with Gasteiger partial charge in [0.15, 0.2) is 0 Å². The van der Waals surface area contributed by atoms with Crippen molar-refractivity contribution in [3.8, 4) is 0 Å². The maximum atomic E-state index is 6.68. The Morgan fingerprint density at radius 1 is 1.00 bits per heavy atom. The molecule has 3 rings (SSSR count). The van der Waals surface area contributed by atoms with E-state index < -0.39 is 0 Å². The van der Waals surface area contributed by atoms with E-state index in [-0.39, 0.29) is 16.9 Å². The van der Waals surface area contributed by atoms with Gasteiger partial charge >= 0.3 is 0 Å². The molecule has 140 valence electrons. The lowest BCUT2D eigenvalue weighted by molar-refractivity contribution is -0.0351. The topological polar surface area (TPSA) is 24.5 Å². The molecule has 0 radical (unpaired) electrons. The Morgan fingerprint density at radius 3 is 2.42 bits per heavy atom. The normalized spacial score (nSPS) is 39.9. The SMILES string of the molecule is ClC1CCC(COC(CN2CCNC2)C2CCC(Cl)CC2Cl)CC1. The monoisotopic (exact) mass is 396 g/mol. The molecule has 3 fully saturated rings. The van der Waals surface area contributed by atoms with Crippen LogP contribution in [0, 0.1) is 11.8 Å². The Balaban J connectivity index is 1.54. The molecule has 0 aromatic carbocycles. The molecule has 4 unspecified atom stereocenters. The molecular formula is C18H31Cl3N2O. The van der Waals surface area contributed by atoms with Gasteiger partial charge in [0.1, 0.15) is 0 Å². The quantitative estimate of drug-likeness (QED) is 0.684. The number of nitrogens with one attached hydrogen (secondary N) is 1. The summed E-state index contributed by atoms with van der Waals surface area (Å²) in [5.41, 5.74) is 0. The van der Waals surface area contributed by atoms with Crippen LogP contribution < -0.4 is 5.32 Å². The number of hydrogen-bond acceptors (Lipinski definition) is 3. The van der Waals surface area contributed by atoms with Crippen LogP contribution >= 0.6 is 34.8 Å². The van der Waals surface area contributed by atoms with E-state index in [9.17, 15) is 0 Å². The van der Waals surface area contributed by atoms with E-state index in [4.69, 9.17) is 39.5 Å². The summed E-state index contributed by atoms with van der Waals surface area (Å²) in [6, 6.07) is 0. The average molecular weight is 398 g/mol. The molecular weight excluding hydrogens is 367 g/mol. The van der Waals surface area contributed by atoms with Crippen LogP contribution in [0.2, 0.25) is 0 Å². The zero-order valence-electron chi connectivity index (χ0n) is 14.4. The van der Waals surface area contributed by atoms with Crippen molar-refractivity contribution in [1.29, 1.82) is 0 Å². The fraction of sp³-hybridized carbons (Fsp3) is 1.00. The summed E-state index contributed by atoms with van der Waals surface area (Å²) in [6.45, 7) is 4.99. The van der Waals surface area contributed by atoms with Gasteiger partial charge in [-0.15, -0.1) is 34.8 Å². The lowest BCUT2D eigenvalue weighted by atomic mass is 9.84. The van der Waals surface area contributed by atoms with E-state index >= 15 is 0 Å². The lowest BCUT2D eigenvalue weighted by Gasteiger charge is -2.38. The minimum atomic E-state index is 0.139. The third-order valence-corrected chi connectivity index (χ3v) is 7.27. The van der Waals surface area contributed by atoms with Crippen molar-refractivity contribution >= 4 is 34.8 Å². The Morgan fingerprint density at radius 2 is 1.75 bits per heavy atom. The van der Waals surface area contributed by atoms with E-state index in [2.05, 4.69) is 10.2 Å². The Kier molecular flexibility index (Phi) is 7.82. The van der Waals surface area contributed by atoms with Crippen LogP contribution in [0.4, 0.5) is 0 Å². The van der Waals surface area contributed by atoms with Gasteiger partial charge in [-0.3, -0.25) is 4.90 Å². The molecule has 0 spiro atoms. The van der Waals surface area contributed by atoms with Crippen molar-refractivity contribution in [3.05, 3.63) is 0 Å². The van der Waals surface area contributed by atoms with Gasteiger partial charge in [0.05, 0.1) is 6.10 Å². The number of nitrogens with zero attached hydrogens (tertiary/aromatic N) is 1. The molecule has 2 saturated carbocycles. The summed E-state index contributed by atoms with van der Waals surface area (Å²) in [7, 11) is 0. The van der Waals surface area contributed by atoms with Crippen LogP contribution in [0.3, 0.4) is 0 Å². The first-order chi connectivity index (χ1) is 11.6. The minimum absolute atomic E-state index is 0.139. The van der Waals surface area contributed by atoms with Crippen LogP contribution in [0.1, 0.15) is 44.9 Å². The van der Waals surface area contributed by atoms with Gasteiger partial charge in [-0.2, -0.15) is 0 Å². The molecule has 1 aliphatic heterocycles. The average Bonchev–Trinajstić information content (AvgIpc) is 3.06. The van der Waals surface area contributed by atoms with E-state index in [1.54, 1.807) is 0 Å². The molecule has 6 heteroatoms. The fourth-order valence-corrected chi connectivity index (χ4v) is 5.50. The van der Waals surface area contributed by atoms with Crippen molar-refractivity contribution < 1.29 is 4.74 Å². The number of rotatable bonds is 6. The van der Waals surface area contributed by atoms with E-state index in [0.29, 0.717) is 17.2 Å². The third kappa shape index (κ3) is 5.62. The predicted molar refractivity (Wildman–Crippen MR) is 102 cm³/mol. The zero-order valence-corrected chi connectivity index (χ0v) is 16.7. The fourth-order valence-electron chi connectivity index (χ4n) is 4.33. The van der Waals surface area contributed by atoms with Gasteiger partial charge in [0.2, 0.25) is 0 Å². The van der Waals surface area contributed by atoms with Gasteiger partial charge in [0, 0.05) is 55.0 Å². The summed E-state index contributed by atoms with van der Waals surface area (Å²) in [4.78, 5) is 2.46. The summed E-state index contributed by atoms with van der Waals surface area (Å²) >= 11 is 19.2. The number of halogens is 3. The van der Waals surface area contributed by atoms with Gasteiger partial charge in [-0.1, -0.05) is 0 Å². The highest BCUT2D eigenvalue weighted by Gasteiger charge is 2.36. The van der Waals surface area contributed by atoms with Crippen molar-refractivity contribution in [1.82, 2.24) is 10.2 Å². The summed E-state index contributed by atoms with van der Waals surface area (Å²) in [5, 5.41) is 4.16. The van der Waals surface area contributed by atoms with Crippen molar-refractivity contribution in [2.45, 2.75) is 67.2 Å². The largest absolute Gasteiger partial charge is 0.376 e. The summed E-state index contributed by atoms with van der Waals surface area (Å²) in [6.07, 6.45) is 7.94. The first-order valence-electron chi connectivity index (χ1n) is 9.58. The molecule has 3 nitrogen and oxygen atoms in total. The highest BCUT2D eigenvalue weighted by atomic mass is 35.5. The van der Waals surface area contributed by atoms with Crippen LogP contribution in [0.25, 0.3) is 0 Å². The first-order valence-corrected chi connectivity index (χ1v) is 10.9. The smallest absolute Gasteiger partial charge is 0.0744 e. The second kappa shape index (κ2) is 9.62. The predicted octanol–water partition coefficient (Wildman–Crippen LogP) is 4.05. The second-order valence-corrected chi connectivity index (χ2v) is 9.61. The van der Waals surface area contributed by atoms with Crippen molar-refractivity contribution in [3.63, 3.8) is 0 Å².